The maximum atomic E-state index is 11.3. The van der Waals surface area contributed by atoms with E-state index < -0.39 is 0 Å². The second-order valence-corrected chi connectivity index (χ2v) is 3.20. The standard InChI is InChI=1S/C11H16N2O/c1-2-4-11(14)13-10-6-3-5-9(7-10)8-12/h3,5-7H,2,4,8,12H2,1H3,(H,13,14). The molecule has 0 unspecified atom stereocenters. The van der Waals surface area contributed by atoms with Crippen LogP contribution < -0.4 is 11.1 Å². The minimum atomic E-state index is 0.0571. The predicted octanol–water partition coefficient (Wildman–Crippen LogP) is 1.88. The lowest BCUT2D eigenvalue weighted by Crippen LogP contribution is -2.10. The van der Waals surface area contributed by atoms with Gasteiger partial charge in [-0.05, 0) is 24.1 Å². The first-order chi connectivity index (χ1) is 6.76. The number of anilines is 1. The molecular weight excluding hydrogens is 176 g/mol. The SMILES string of the molecule is CCCC(=O)Nc1cccc(CN)c1. The Kier molecular flexibility index (Phi) is 4.13. The molecule has 0 aliphatic carbocycles. The van der Waals surface area contributed by atoms with E-state index >= 15 is 0 Å². The molecule has 0 saturated heterocycles. The number of carbonyl (C=O) groups excluding carboxylic acids is 1. The van der Waals surface area contributed by atoms with Crippen LogP contribution in [0.4, 0.5) is 5.69 Å². The van der Waals surface area contributed by atoms with E-state index in [0.717, 1.165) is 17.7 Å². The molecule has 14 heavy (non-hydrogen) atoms. The van der Waals surface area contributed by atoms with Gasteiger partial charge in [0.15, 0.2) is 0 Å². The first-order valence-corrected chi connectivity index (χ1v) is 4.85. The van der Waals surface area contributed by atoms with Gasteiger partial charge in [0.1, 0.15) is 0 Å². The molecule has 3 nitrogen and oxygen atoms in total. The summed E-state index contributed by atoms with van der Waals surface area (Å²) >= 11 is 0. The third-order valence-electron chi connectivity index (χ3n) is 1.92. The number of benzene rings is 1. The molecule has 76 valence electrons. The van der Waals surface area contributed by atoms with Gasteiger partial charge in [0.2, 0.25) is 5.91 Å². The molecule has 0 radical (unpaired) electrons. The largest absolute Gasteiger partial charge is 0.326 e. The molecule has 3 N–H and O–H groups in total. The highest BCUT2D eigenvalue weighted by atomic mass is 16.1. The summed E-state index contributed by atoms with van der Waals surface area (Å²) in [6.45, 7) is 2.48. The van der Waals surface area contributed by atoms with Crippen LogP contribution in [-0.4, -0.2) is 5.91 Å². The molecule has 1 aromatic rings. The topological polar surface area (TPSA) is 55.1 Å². The Hall–Kier alpha value is -1.35. The Labute approximate surface area is 84.3 Å². The molecule has 0 bridgehead atoms. The van der Waals surface area contributed by atoms with Gasteiger partial charge in [0, 0.05) is 18.7 Å². The summed E-state index contributed by atoms with van der Waals surface area (Å²) in [5, 5.41) is 2.82. The highest BCUT2D eigenvalue weighted by molar-refractivity contribution is 5.90. The quantitative estimate of drug-likeness (QED) is 0.765. The highest BCUT2D eigenvalue weighted by Gasteiger charge is 2.00. The second kappa shape index (κ2) is 5.40. The highest BCUT2D eigenvalue weighted by Crippen LogP contribution is 2.10. The van der Waals surface area contributed by atoms with Crippen molar-refractivity contribution < 1.29 is 4.79 Å². The van der Waals surface area contributed by atoms with Gasteiger partial charge in [-0.3, -0.25) is 4.79 Å². The van der Waals surface area contributed by atoms with E-state index in [1.807, 2.05) is 31.2 Å². The van der Waals surface area contributed by atoms with Crippen molar-refractivity contribution in [3.8, 4) is 0 Å². The zero-order valence-electron chi connectivity index (χ0n) is 8.42. The van der Waals surface area contributed by atoms with Crippen molar-refractivity contribution in [2.75, 3.05) is 5.32 Å². The van der Waals surface area contributed by atoms with E-state index in [0.29, 0.717) is 13.0 Å². The number of hydrogen-bond donors (Lipinski definition) is 2. The smallest absolute Gasteiger partial charge is 0.224 e. The second-order valence-electron chi connectivity index (χ2n) is 3.20. The molecule has 0 aromatic heterocycles. The molecule has 1 amide bonds. The van der Waals surface area contributed by atoms with Gasteiger partial charge in [0.25, 0.3) is 0 Å². The third-order valence-corrected chi connectivity index (χ3v) is 1.92. The minimum Gasteiger partial charge on any atom is -0.326 e. The van der Waals surface area contributed by atoms with Crippen LogP contribution in [0.15, 0.2) is 24.3 Å². The summed E-state index contributed by atoms with van der Waals surface area (Å²) in [4.78, 5) is 11.3. The van der Waals surface area contributed by atoms with Crippen LogP contribution in [0.25, 0.3) is 0 Å². The molecule has 1 aromatic carbocycles. The fourth-order valence-corrected chi connectivity index (χ4v) is 1.23. The number of rotatable bonds is 4. The summed E-state index contributed by atoms with van der Waals surface area (Å²) in [7, 11) is 0. The maximum Gasteiger partial charge on any atom is 0.224 e. The van der Waals surface area contributed by atoms with Crippen LogP contribution in [0.2, 0.25) is 0 Å². The van der Waals surface area contributed by atoms with Crippen molar-refractivity contribution >= 4 is 11.6 Å². The van der Waals surface area contributed by atoms with Crippen LogP contribution in [0.3, 0.4) is 0 Å². The van der Waals surface area contributed by atoms with Gasteiger partial charge in [-0.2, -0.15) is 0 Å². The Morgan fingerprint density at radius 3 is 2.93 bits per heavy atom. The van der Waals surface area contributed by atoms with Crippen molar-refractivity contribution in [2.45, 2.75) is 26.3 Å². The number of nitrogens with two attached hydrogens (primary N) is 1. The Morgan fingerprint density at radius 1 is 1.50 bits per heavy atom. The Bertz CT molecular complexity index is 310. The zero-order valence-corrected chi connectivity index (χ0v) is 8.42. The Morgan fingerprint density at radius 2 is 2.29 bits per heavy atom. The molecule has 0 aliphatic rings. The monoisotopic (exact) mass is 192 g/mol. The predicted molar refractivity (Wildman–Crippen MR) is 57.9 cm³/mol. The van der Waals surface area contributed by atoms with Crippen LogP contribution in [0, 0.1) is 0 Å². The van der Waals surface area contributed by atoms with Crippen molar-refractivity contribution in [1.82, 2.24) is 0 Å². The van der Waals surface area contributed by atoms with Crippen LogP contribution in [0.5, 0.6) is 0 Å². The van der Waals surface area contributed by atoms with E-state index in [1.54, 1.807) is 0 Å². The summed E-state index contributed by atoms with van der Waals surface area (Å²) in [5.41, 5.74) is 7.35. The minimum absolute atomic E-state index is 0.0571. The van der Waals surface area contributed by atoms with Gasteiger partial charge < -0.3 is 11.1 Å². The van der Waals surface area contributed by atoms with Crippen molar-refractivity contribution in [1.29, 1.82) is 0 Å². The summed E-state index contributed by atoms with van der Waals surface area (Å²) in [6.07, 6.45) is 1.43. The summed E-state index contributed by atoms with van der Waals surface area (Å²) in [5.74, 6) is 0.0571. The van der Waals surface area contributed by atoms with Crippen LogP contribution >= 0.6 is 0 Å². The maximum absolute atomic E-state index is 11.3. The first kappa shape index (κ1) is 10.7. The lowest BCUT2D eigenvalue weighted by atomic mass is 10.2. The normalized spacial score (nSPS) is 9.86. The number of nitrogens with one attached hydrogen (secondary N) is 1. The van der Waals surface area contributed by atoms with E-state index in [9.17, 15) is 4.79 Å². The summed E-state index contributed by atoms with van der Waals surface area (Å²) < 4.78 is 0. The van der Waals surface area contributed by atoms with Crippen molar-refractivity contribution in [3.63, 3.8) is 0 Å². The van der Waals surface area contributed by atoms with E-state index in [1.165, 1.54) is 0 Å². The fraction of sp³-hybridized carbons (Fsp3) is 0.364. The summed E-state index contributed by atoms with van der Waals surface area (Å²) in [6, 6.07) is 7.60. The molecule has 0 spiro atoms. The van der Waals surface area contributed by atoms with Crippen molar-refractivity contribution in [3.05, 3.63) is 29.8 Å². The number of hydrogen-bond acceptors (Lipinski definition) is 2. The van der Waals surface area contributed by atoms with Gasteiger partial charge in [-0.15, -0.1) is 0 Å². The van der Waals surface area contributed by atoms with Gasteiger partial charge in [-0.25, -0.2) is 0 Å². The van der Waals surface area contributed by atoms with E-state index in [2.05, 4.69) is 5.32 Å². The van der Waals surface area contributed by atoms with E-state index in [-0.39, 0.29) is 5.91 Å². The van der Waals surface area contributed by atoms with Crippen molar-refractivity contribution in [2.24, 2.45) is 5.73 Å². The number of amides is 1. The molecule has 0 aliphatic heterocycles. The average molecular weight is 192 g/mol. The van der Waals surface area contributed by atoms with Gasteiger partial charge in [-0.1, -0.05) is 19.1 Å². The van der Waals surface area contributed by atoms with Gasteiger partial charge in [0.05, 0.1) is 0 Å². The molecule has 3 heteroatoms. The van der Waals surface area contributed by atoms with Crippen LogP contribution in [-0.2, 0) is 11.3 Å². The Balaban J connectivity index is 2.62. The fourth-order valence-electron chi connectivity index (χ4n) is 1.23. The first-order valence-electron chi connectivity index (χ1n) is 4.85. The van der Waals surface area contributed by atoms with Gasteiger partial charge >= 0.3 is 0 Å². The lowest BCUT2D eigenvalue weighted by molar-refractivity contribution is -0.116. The molecule has 1 rings (SSSR count). The zero-order chi connectivity index (χ0) is 10.4. The molecular formula is C11H16N2O. The molecule has 0 fully saturated rings. The molecule has 0 atom stereocenters. The third kappa shape index (κ3) is 3.18. The van der Waals surface area contributed by atoms with Crippen LogP contribution in [0.1, 0.15) is 25.3 Å². The van der Waals surface area contributed by atoms with E-state index in [4.69, 9.17) is 5.73 Å². The lowest BCUT2D eigenvalue weighted by Gasteiger charge is -2.05. The molecule has 0 heterocycles. The number of carbonyl (C=O) groups is 1. The average Bonchev–Trinajstić information content (AvgIpc) is 2.18. The molecule has 0 saturated carbocycles.